The molecule has 172 valence electrons. The van der Waals surface area contributed by atoms with Gasteiger partial charge in [0.25, 0.3) is 0 Å². The molecule has 2 heteroatoms. The summed E-state index contributed by atoms with van der Waals surface area (Å²) in [6, 6.07) is 2.11. The first-order valence-corrected chi connectivity index (χ1v) is 12.0. The molecule has 2 nitrogen and oxygen atoms in total. The first-order valence-electron chi connectivity index (χ1n) is 12.0. The molecule has 0 saturated carbocycles. The quantitative estimate of drug-likeness (QED) is 0.350. The zero-order chi connectivity index (χ0) is 23.0. The number of methoxy groups -OCH3 is 1. The lowest BCUT2D eigenvalue weighted by Crippen LogP contribution is -2.36. The van der Waals surface area contributed by atoms with Crippen LogP contribution in [0.4, 0.5) is 0 Å². The Bertz CT molecular complexity index is 837. The number of hydrogen-bond donors (Lipinski definition) is 0. The van der Waals surface area contributed by atoms with E-state index in [2.05, 4.69) is 72.8 Å². The maximum atomic E-state index is 6.58. The predicted molar refractivity (Wildman–Crippen MR) is 134 cm³/mol. The highest BCUT2D eigenvalue weighted by molar-refractivity contribution is 5.54. The summed E-state index contributed by atoms with van der Waals surface area (Å²) in [7, 11) is 1.75. The van der Waals surface area contributed by atoms with Gasteiger partial charge in [-0.15, -0.1) is 0 Å². The molecule has 0 amide bonds. The summed E-state index contributed by atoms with van der Waals surface area (Å²) in [6.07, 6.45) is 16.1. The van der Waals surface area contributed by atoms with Crippen LogP contribution in [0, 0.1) is 13.8 Å². The van der Waals surface area contributed by atoms with Crippen LogP contribution in [-0.4, -0.2) is 12.7 Å². The first-order chi connectivity index (χ1) is 14.6. The van der Waals surface area contributed by atoms with Gasteiger partial charge in [0.2, 0.25) is 0 Å². The molecular formula is C29H44O2. The molecule has 0 aromatic heterocycles. The third kappa shape index (κ3) is 7.59. The van der Waals surface area contributed by atoms with Crippen LogP contribution in [0.2, 0.25) is 0 Å². The zero-order valence-corrected chi connectivity index (χ0v) is 21.3. The van der Waals surface area contributed by atoms with E-state index in [0.29, 0.717) is 0 Å². The molecule has 0 fully saturated rings. The van der Waals surface area contributed by atoms with Crippen molar-refractivity contribution in [2.24, 2.45) is 0 Å². The van der Waals surface area contributed by atoms with Gasteiger partial charge in [0, 0.05) is 5.56 Å². The van der Waals surface area contributed by atoms with Crippen molar-refractivity contribution < 1.29 is 9.47 Å². The third-order valence-corrected chi connectivity index (χ3v) is 6.56. The highest BCUT2D eigenvalue weighted by Gasteiger charge is 2.33. The SMILES string of the molecule is COc1cc(C)c2c(c1C)CC[C@@](C)(CC/C=C(\C)CC/C=C(\C)CCC=C(C)C)O2. The zero-order valence-electron chi connectivity index (χ0n) is 21.3. The minimum absolute atomic E-state index is 0.0863. The van der Waals surface area contributed by atoms with Gasteiger partial charge in [0.15, 0.2) is 0 Å². The van der Waals surface area contributed by atoms with Crippen molar-refractivity contribution in [1.82, 2.24) is 0 Å². The van der Waals surface area contributed by atoms with Crippen molar-refractivity contribution in [3.63, 3.8) is 0 Å². The van der Waals surface area contributed by atoms with Gasteiger partial charge in [0.05, 0.1) is 7.11 Å². The van der Waals surface area contributed by atoms with Crippen molar-refractivity contribution in [2.75, 3.05) is 7.11 Å². The summed E-state index contributed by atoms with van der Waals surface area (Å²) in [5, 5.41) is 0. The molecule has 0 radical (unpaired) electrons. The van der Waals surface area contributed by atoms with Crippen LogP contribution >= 0.6 is 0 Å². The van der Waals surface area contributed by atoms with E-state index in [1.165, 1.54) is 39.8 Å². The molecule has 31 heavy (non-hydrogen) atoms. The number of ether oxygens (including phenoxy) is 2. The second kappa shape index (κ2) is 11.6. The van der Waals surface area contributed by atoms with Gasteiger partial charge < -0.3 is 9.47 Å². The van der Waals surface area contributed by atoms with E-state index >= 15 is 0 Å². The average Bonchev–Trinajstić information content (AvgIpc) is 2.70. The summed E-state index contributed by atoms with van der Waals surface area (Å²) >= 11 is 0. The van der Waals surface area contributed by atoms with Crippen LogP contribution in [0.1, 0.15) is 96.3 Å². The van der Waals surface area contributed by atoms with Gasteiger partial charge in [-0.3, -0.25) is 0 Å². The van der Waals surface area contributed by atoms with Crippen LogP contribution < -0.4 is 9.47 Å². The fraction of sp³-hybridized carbons (Fsp3) is 0.586. The summed E-state index contributed by atoms with van der Waals surface area (Å²) < 4.78 is 12.1. The minimum Gasteiger partial charge on any atom is -0.496 e. The van der Waals surface area contributed by atoms with E-state index in [1.807, 2.05) is 0 Å². The molecule has 0 unspecified atom stereocenters. The standard InChI is InChI=1S/C29H44O2/c1-21(2)12-9-13-22(3)14-10-15-23(4)16-11-18-29(7)19-17-26-25(6)27(30-8)20-24(5)28(26)31-29/h12,14,16,20H,9-11,13,15,17-19H2,1-8H3/b22-14+,23-16+/t29-/m1/s1. The average molecular weight is 425 g/mol. The van der Waals surface area contributed by atoms with Crippen molar-refractivity contribution in [3.05, 3.63) is 57.7 Å². The summed E-state index contributed by atoms with van der Waals surface area (Å²) in [5.41, 5.74) is 8.06. The molecule has 0 saturated heterocycles. The normalized spacial score (nSPS) is 19.0. The maximum Gasteiger partial charge on any atom is 0.126 e. The predicted octanol–water partition coefficient (Wildman–Crippen LogP) is 8.60. The van der Waals surface area contributed by atoms with E-state index in [9.17, 15) is 0 Å². The Morgan fingerprint density at radius 3 is 2.23 bits per heavy atom. The molecule has 1 atom stereocenters. The number of aryl methyl sites for hydroxylation is 1. The Kier molecular flexibility index (Phi) is 9.47. The monoisotopic (exact) mass is 424 g/mol. The molecule has 1 aliphatic heterocycles. The van der Waals surface area contributed by atoms with Gasteiger partial charge in [-0.05, 0) is 117 Å². The molecule has 0 aliphatic carbocycles. The van der Waals surface area contributed by atoms with Gasteiger partial charge in [-0.2, -0.15) is 0 Å². The molecule has 0 N–H and O–H groups in total. The van der Waals surface area contributed by atoms with E-state index < -0.39 is 0 Å². The van der Waals surface area contributed by atoms with Gasteiger partial charge >= 0.3 is 0 Å². The lowest BCUT2D eigenvalue weighted by atomic mass is 9.86. The van der Waals surface area contributed by atoms with Crippen molar-refractivity contribution in [2.45, 2.75) is 105 Å². The van der Waals surface area contributed by atoms with E-state index in [-0.39, 0.29) is 5.60 Å². The Morgan fingerprint density at radius 2 is 1.61 bits per heavy atom. The molecule has 0 bridgehead atoms. The summed E-state index contributed by atoms with van der Waals surface area (Å²) in [6.45, 7) is 15.4. The Balaban J connectivity index is 1.86. The largest absolute Gasteiger partial charge is 0.496 e. The van der Waals surface area contributed by atoms with E-state index in [4.69, 9.17) is 9.47 Å². The maximum absolute atomic E-state index is 6.58. The number of fused-ring (bicyclic) bond motifs is 1. The molecule has 1 aromatic rings. The Hall–Kier alpha value is -1.96. The van der Waals surface area contributed by atoms with Crippen LogP contribution in [0.3, 0.4) is 0 Å². The van der Waals surface area contributed by atoms with Crippen molar-refractivity contribution in [1.29, 1.82) is 0 Å². The Labute approximate surface area is 191 Å². The third-order valence-electron chi connectivity index (χ3n) is 6.56. The molecule has 1 aliphatic rings. The lowest BCUT2D eigenvalue weighted by Gasteiger charge is -2.37. The molecule has 1 aromatic carbocycles. The Morgan fingerprint density at radius 1 is 1.00 bits per heavy atom. The number of allylic oxidation sites excluding steroid dienone is 6. The van der Waals surface area contributed by atoms with Crippen LogP contribution in [0.15, 0.2) is 41.0 Å². The van der Waals surface area contributed by atoms with Gasteiger partial charge in [0.1, 0.15) is 17.1 Å². The summed E-state index contributed by atoms with van der Waals surface area (Å²) in [5.74, 6) is 2.06. The lowest BCUT2D eigenvalue weighted by molar-refractivity contribution is 0.0559. The minimum atomic E-state index is -0.0863. The molecule has 1 heterocycles. The first kappa shape index (κ1) is 25.3. The van der Waals surface area contributed by atoms with Crippen molar-refractivity contribution in [3.8, 4) is 11.5 Å². The summed E-state index contributed by atoms with van der Waals surface area (Å²) in [4.78, 5) is 0. The van der Waals surface area contributed by atoms with E-state index in [1.54, 1.807) is 7.11 Å². The second-order valence-corrected chi connectivity index (χ2v) is 9.88. The van der Waals surface area contributed by atoms with Crippen LogP contribution in [-0.2, 0) is 6.42 Å². The molecule has 0 spiro atoms. The second-order valence-electron chi connectivity index (χ2n) is 9.88. The number of benzene rings is 1. The molecular weight excluding hydrogens is 380 g/mol. The highest BCUT2D eigenvalue weighted by atomic mass is 16.5. The van der Waals surface area contributed by atoms with Crippen LogP contribution in [0.5, 0.6) is 11.5 Å². The number of hydrogen-bond acceptors (Lipinski definition) is 2. The van der Waals surface area contributed by atoms with Gasteiger partial charge in [-0.25, -0.2) is 0 Å². The topological polar surface area (TPSA) is 18.5 Å². The van der Waals surface area contributed by atoms with E-state index in [0.717, 1.165) is 56.4 Å². The smallest absolute Gasteiger partial charge is 0.126 e. The fourth-order valence-corrected chi connectivity index (χ4v) is 4.41. The van der Waals surface area contributed by atoms with Crippen molar-refractivity contribution >= 4 is 0 Å². The van der Waals surface area contributed by atoms with Crippen LogP contribution in [0.25, 0.3) is 0 Å². The van der Waals surface area contributed by atoms with Gasteiger partial charge in [-0.1, -0.05) is 34.9 Å². The number of rotatable bonds is 10. The highest BCUT2D eigenvalue weighted by Crippen LogP contribution is 2.42. The fourth-order valence-electron chi connectivity index (χ4n) is 4.41. The molecule has 2 rings (SSSR count).